The number of nitrogens with two attached hydrogens (primary N) is 1. The molecule has 1 rings (SSSR count). The molecule has 1 aliphatic heterocycles. The van der Waals surface area contributed by atoms with E-state index in [4.69, 9.17) is 18.0 Å². The Balaban J connectivity index is 2.60. The molecule has 0 aliphatic carbocycles. The third-order valence-corrected chi connectivity index (χ3v) is 6.16. The molecule has 1 saturated heterocycles. The van der Waals surface area contributed by atoms with Gasteiger partial charge in [-0.05, 0) is 25.2 Å². The molecule has 106 valence electrons. The van der Waals surface area contributed by atoms with E-state index >= 15 is 0 Å². The van der Waals surface area contributed by atoms with Crippen molar-refractivity contribution < 1.29 is 8.42 Å². The van der Waals surface area contributed by atoms with Gasteiger partial charge in [-0.25, -0.2) is 12.7 Å². The molecule has 1 heterocycles. The van der Waals surface area contributed by atoms with Gasteiger partial charge in [0, 0.05) is 18.5 Å². The zero-order chi connectivity index (χ0) is 14.0. The molecule has 0 radical (unpaired) electrons. The highest BCUT2D eigenvalue weighted by Gasteiger charge is 2.36. The van der Waals surface area contributed by atoms with Crippen LogP contribution in [0, 0.1) is 11.3 Å². The second-order valence-electron chi connectivity index (χ2n) is 5.82. The Morgan fingerprint density at radius 3 is 2.28 bits per heavy atom. The SMILES string of the molecule is CC(C)CCS(=O)(=O)N1CCC(C)(C(N)=S)CC1. The van der Waals surface area contributed by atoms with Gasteiger partial charge in [0.25, 0.3) is 0 Å². The minimum Gasteiger partial charge on any atom is -0.393 e. The van der Waals surface area contributed by atoms with Gasteiger partial charge < -0.3 is 5.73 Å². The van der Waals surface area contributed by atoms with E-state index in [1.165, 1.54) is 0 Å². The highest BCUT2D eigenvalue weighted by Crippen LogP contribution is 2.32. The van der Waals surface area contributed by atoms with Gasteiger partial charge in [0.05, 0.1) is 10.7 Å². The van der Waals surface area contributed by atoms with Crippen LogP contribution in [0.15, 0.2) is 0 Å². The highest BCUT2D eigenvalue weighted by molar-refractivity contribution is 7.89. The van der Waals surface area contributed by atoms with Crippen molar-refractivity contribution in [3.05, 3.63) is 0 Å². The van der Waals surface area contributed by atoms with E-state index in [1.54, 1.807) is 4.31 Å². The lowest BCUT2D eigenvalue weighted by molar-refractivity contribution is 0.243. The van der Waals surface area contributed by atoms with Gasteiger partial charge in [-0.15, -0.1) is 0 Å². The smallest absolute Gasteiger partial charge is 0.214 e. The van der Waals surface area contributed by atoms with Crippen molar-refractivity contribution in [1.82, 2.24) is 4.31 Å². The second-order valence-corrected chi connectivity index (χ2v) is 8.35. The Kier molecular flexibility index (Phi) is 5.14. The normalized spacial score (nSPS) is 21.1. The van der Waals surface area contributed by atoms with Crippen molar-refractivity contribution in [1.29, 1.82) is 0 Å². The molecular formula is C12H24N2O2S2. The Hall–Kier alpha value is -0.200. The van der Waals surface area contributed by atoms with Crippen LogP contribution in [0.3, 0.4) is 0 Å². The predicted molar refractivity (Wildman–Crippen MR) is 78.9 cm³/mol. The predicted octanol–water partition coefficient (Wildman–Crippen LogP) is 1.75. The number of rotatable bonds is 5. The van der Waals surface area contributed by atoms with E-state index in [1.807, 2.05) is 20.8 Å². The lowest BCUT2D eigenvalue weighted by Crippen LogP contribution is -2.47. The average Bonchev–Trinajstić information content (AvgIpc) is 2.27. The summed E-state index contributed by atoms with van der Waals surface area (Å²) in [7, 11) is -3.11. The topological polar surface area (TPSA) is 63.4 Å². The van der Waals surface area contributed by atoms with Crippen LogP contribution in [-0.4, -0.2) is 36.6 Å². The van der Waals surface area contributed by atoms with Gasteiger partial charge >= 0.3 is 0 Å². The van der Waals surface area contributed by atoms with Crippen LogP contribution < -0.4 is 5.73 Å². The van der Waals surface area contributed by atoms with Crippen molar-refractivity contribution in [3.63, 3.8) is 0 Å². The summed E-state index contributed by atoms with van der Waals surface area (Å²) < 4.78 is 25.9. The van der Waals surface area contributed by atoms with E-state index in [9.17, 15) is 8.42 Å². The van der Waals surface area contributed by atoms with Crippen LogP contribution in [-0.2, 0) is 10.0 Å². The molecule has 6 heteroatoms. The van der Waals surface area contributed by atoms with Crippen LogP contribution in [0.1, 0.15) is 40.0 Å². The molecule has 0 amide bonds. The standard InChI is InChI=1S/C12H24N2O2S2/c1-10(2)4-9-18(15,16)14-7-5-12(3,6-8-14)11(13)17/h10H,4-9H2,1-3H3,(H2,13,17). The van der Waals surface area contributed by atoms with Crippen molar-refractivity contribution in [2.75, 3.05) is 18.8 Å². The number of sulfonamides is 1. The van der Waals surface area contributed by atoms with Gasteiger partial charge in [0.1, 0.15) is 0 Å². The second kappa shape index (κ2) is 5.84. The maximum atomic E-state index is 12.1. The highest BCUT2D eigenvalue weighted by atomic mass is 32.2. The number of nitrogens with zero attached hydrogens (tertiary/aromatic N) is 1. The van der Waals surface area contributed by atoms with Crippen LogP contribution in [0.2, 0.25) is 0 Å². The lowest BCUT2D eigenvalue weighted by Gasteiger charge is -2.38. The van der Waals surface area contributed by atoms with Gasteiger partial charge in [-0.1, -0.05) is 33.0 Å². The molecule has 0 atom stereocenters. The zero-order valence-corrected chi connectivity index (χ0v) is 13.1. The first-order chi connectivity index (χ1) is 8.17. The molecule has 0 aromatic rings. The van der Waals surface area contributed by atoms with Crippen LogP contribution in [0.5, 0.6) is 0 Å². The summed E-state index contributed by atoms with van der Waals surface area (Å²) in [6.45, 7) is 7.17. The fourth-order valence-corrected chi connectivity index (χ4v) is 3.99. The van der Waals surface area contributed by atoms with E-state index in [0.717, 1.165) is 12.8 Å². The first-order valence-corrected chi connectivity index (χ1v) is 8.47. The summed E-state index contributed by atoms with van der Waals surface area (Å²) in [5, 5.41) is 0. The van der Waals surface area contributed by atoms with Crippen molar-refractivity contribution in [2.45, 2.75) is 40.0 Å². The fraction of sp³-hybridized carbons (Fsp3) is 0.917. The quantitative estimate of drug-likeness (QED) is 0.784. The van der Waals surface area contributed by atoms with Crippen LogP contribution in [0.4, 0.5) is 0 Å². The Labute approximate surface area is 116 Å². The number of piperidine rings is 1. The largest absolute Gasteiger partial charge is 0.393 e. The van der Waals surface area contributed by atoms with Gasteiger partial charge in [0.2, 0.25) is 10.0 Å². The number of hydrogen-bond acceptors (Lipinski definition) is 3. The molecule has 4 nitrogen and oxygen atoms in total. The molecular weight excluding hydrogens is 268 g/mol. The van der Waals surface area contributed by atoms with Crippen molar-refractivity contribution in [2.24, 2.45) is 17.1 Å². The minimum absolute atomic E-state index is 0.181. The first kappa shape index (κ1) is 15.9. The summed E-state index contributed by atoms with van der Waals surface area (Å²) in [4.78, 5) is 0.502. The molecule has 1 aliphatic rings. The maximum Gasteiger partial charge on any atom is 0.214 e. The summed E-state index contributed by atoms with van der Waals surface area (Å²) in [5.74, 6) is 0.653. The maximum absolute atomic E-state index is 12.1. The van der Waals surface area contributed by atoms with E-state index in [-0.39, 0.29) is 11.2 Å². The average molecular weight is 292 g/mol. The Morgan fingerprint density at radius 2 is 1.89 bits per heavy atom. The van der Waals surface area contributed by atoms with Crippen LogP contribution >= 0.6 is 12.2 Å². The van der Waals surface area contributed by atoms with Gasteiger partial charge in [-0.3, -0.25) is 0 Å². The zero-order valence-electron chi connectivity index (χ0n) is 11.5. The third-order valence-electron chi connectivity index (χ3n) is 3.77. The molecule has 18 heavy (non-hydrogen) atoms. The number of hydrogen-bond donors (Lipinski definition) is 1. The molecule has 0 spiro atoms. The minimum atomic E-state index is -3.11. The Bertz CT molecular complexity index is 396. The number of thiocarbonyl (C=S) groups is 1. The van der Waals surface area contributed by atoms with E-state index < -0.39 is 10.0 Å². The lowest BCUT2D eigenvalue weighted by atomic mass is 9.81. The molecule has 1 fully saturated rings. The summed E-state index contributed by atoms with van der Waals surface area (Å²) in [6.07, 6.45) is 2.16. The van der Waals surface area contributed by atoms with Crippen LogP contribution in [0.25, 0.3) is 0 Å². The molecule has 0 aromatic carbocycles. The summed E-state index contributed by atoms with van der Waals surface area (Å²) >= 11 is 5.06. The monoisotopic (exact) mass is 292 g/mol. The first-order valence-electron chi connectivity index (χ1n) is 6.45. The molecule has 0 bridgehead atoms. The molecule has 0 aromatic heterocycles. The van der Waals surface area contributed by atoms with Gasteiger partial charge in [-0.2, -0.15) is 0 Å². The van der Waals surface area contributed by atoms with Gasteiger partial charge in [0.15, 0.2) is 0 Å². The van der Waals surface area contributed by atoms with Crippen molar-refractivity contribution >= 4 is 27.2 Å². The fourth-order valence-electron chi connectivity index (χ4n) is 2.02. The summed E-state index contributed by atoms with van der Waals surface area (Å²) in [5.41, 5.74) is 5.54. The Morgan fingerprint density at radius 1 is 1.39 bits per heavy atom. The van der Waals surface area contributed by atoms with E-state index in [2.05, 4.69) is 0 Å². The molecule has 0 saturated carbocycles. The summed E-state index contributed by atoms with van der Waals surface area (Å²) in [6, 6.07) is 0. The third kappa shape index (κ3) is 3.90. The van der Waals surface area contributed by atoms with Crippen molar-refractivity contribution in [3.8, 4) is 0 Å². The van der Waals surface area contributed by atoms with E-state index in [0.29, 0.717) is 30.4 Å². The molecule has 2 N–H and O–H groups in total. The molecule has 0 unspecified atom stereocenters.